The van der Waals surface area contributed by atoms with E-state index in [4.69, 9.17) is 9.47 Å². The van der Waals surface area contributed by atoms with Gasteiger partial charge >= 0.3 is 5.97 Å². The summed E-state index contributed by atoms with van der Waals surface area (Å²) in [5.74, 6) is -0.450. The number of fused-ring (bicyclic) bond motifs is 1. The van der Waals surface area contributed by atoms with Crippen LogP contribution in [-0.2, 0) is 24.8 Å². The highest BCUT2D eigenvalue weighted by atomic mass is 16.6. The summed E-state index contributed by atoms with van der Waals surface area (Å²) in [6.45, 7) is 3.51. The van der Waals surface area contributed by atoms with Crippen LogP contribution in [0.3, 0.4) is 0 Å². The number of esters is 1. The monoisotopic (exact) mass is 452 g/mol. The Kier molecular flexibility index (Phi) is 7.39. The van der Waals surface area contributed by atoms with E-state index in [2.05, 4.69) is 15.5 Å². The van der Waals surface area contributed by atoms with Crippen LogP contribution in [0.5, 0.6) is 0 Å². The maximum atomic E-state index is 13.4. The van der Waals surface area contributed by atoms with E-state index in [1.807, 2.05) is 72.6 Å². The number of amides is 1. The lowest BCUT2D eigenvalue weighted by molar-refractivity contribution is -0.153. The van der Waals surface area contributed by atoms with E-state index in [0.717, 1.165) is 17.7 Å². The third-order valence-electron chi connectivity index (χ3n) is 6.33. The molecule has 2 heterocycles. The number of hydrogen-bond donors (Lipinski definition) is 2. The summed E-state index contributed by atoms with van der Waals surface area (Å²) in [6.07, 6.45) is 0. The number of carbonyl (C=O) groups is 2. The van der Waals surface area contributed by atoms with Crippen molar-refractivity contribution < 1.29 is 19.1 Å². The van der Waals surface area contributed by atoms with Crippen LogP contribution in [0.25, 0.3) is 0 Å². The topological polar surface area (TPSA) is 83.1 Å². The van der Waals surface area contributed by atoms with Crippen LogP contribution >= 0.6 is 0 Å². The molecule has 1 amide bonds. The fourth-order valence-corrected chi connectivity index (χ4v) is 4.65. The van der Waals surface area contributed by atoms with Crippen molar-refractivity contribution >= 4 is 11.9 Å². The molecule has 2 saturated heterocycles. The van der Waals surface area contributed by atoms with Crippen LogP contribution in [0.4, 0.5) is 0 Å². The lowest BCUT2D eigenvalue weighted by Gasteiger charge is -2.44. The number of nitrogens with one attached hydrogen (secondary N) is 2. The first kappa shape index (κ1) is 23.4. The van der Waals surface area contributed by atoms with Gasteiger partial charge in [0.05, 0.1) is 6.61 Å². The van der Waals surface area contributed by atoms with Gasteiger partial charge in [-0.1, -0.05) is 60.7 Å². The largest absolute Gasteiger partial charge is 0.434 e. The number of methoxy groups -OCH3 is 1. The molecule has 2 N–H and O–H groups in total. The van der Waals surface area contributed by atoms with Crippen LogP contribution in [0.1, 0.15) is 11.1 Å². The second-order valence-corrected chi connectivity index (χ2v) is 8.48. The molecule has 4 rings (SSSR count). The fourth-order valence-electron chi connectivity index (χ4n) is 4.65. The van der Waals surface area contributed by atoms with E-state index in [9.17, 15) is 9.59 Å². The number of nitrogens with zero attached hydrogens (tertiary/aromatic N) is 2. The number of carbonyl (C=O) groups excluding carboxylic acids is 2. The van der Waals surface area contributed by atoms with Crippen molar-refractivity contribution in [2.75, 3.05) is 53.5 Å². The van der Waals surface area contributed by atoms with Crippen molar-refractivity contribution in [3.05, 3.63) is 71.8 Å². The normalized spacial score (nSPS) is 22.1. The molecular formula is C25H32N4O4. The molecule has 8 heteroatoms. The Morgan fingerprint density at radius 3 is 2.36 bits per heavy atom. The number of piperazine rings is 1. The second kappa shape index (κ2) is 10.4. The number of cyclic esters (lactones) is 1. The number of ether oxygens (including phenoxy) is 2. The van der Waals surface area contributed by atoms with Crippen LogP contribution < -0.4 is 10.6 Å². The number of benzene rings is 2. The predicted molar refractivity (Wildman–Crippen MR) is 124 cm³/mol. The average Bonchev–Trinajstić information content (AvgIpc) is 3.17. The van der Waals surface area contributed by atoms with Crippen LogP contribution in [-0.4, -0.2) is 87.2 Å². The van der Waals surface area contributed by atoms with Gasteiger partial charge in [-0.15, -0.1) is 0 Å². The zero-order chi connectivity index (χ0) is 23.3. The van der Waals surface area contributed by atoms with Gasteiger partial charge in [-0.05, 0) is 7.05 Å². The van der Waals surface area contributed by atoms with Crippen molar-refractivity contribution in [1.82, 2.24) is 20.4 Å². The van der Waals surface area contributed by atoms with Crippen LogP contribution in [0.2, 0.25) is 0 Å². The van der Waals surface area contributed by atoms with E-state index in [0.29, 0.717) is 32.8 Å². The molecule has 2 unspecified atom stereocenters. The molecule has 33 heavy (non-hydrogen) atoms. The third kappa shape index (κ3) is 4.65. The molecule has 0 aliphatic carbocycles. The van der Waals surface area contributed by atoms with Gasteiger partial charge in [0.2, 0.25) is 11.6 Å². The molecule has 2 aromatic rings. The first-order valence-corrected chi connectivity index (χ1v) is 11.4. The van der Waals surface area contributed by atoms with E-state index >= 15 is 0 Å². The SMILES string of the molecule is COCCN(C)CCNC(=O)C1CNCC2C(=O)OC(c3ccccc3)(c3ccccc3)N12. The van der Waals surface area contributed by atoms with Crippen molar-refractivity contribution in [3.63, 3.8) is 0 Å². The first-order valence-electron chi connectivity index (χ1n) is 11.4. The minimum absolute atomic E-state index is 0.123. The highest BCUT2D eigenvalue weighted by Crippen LogP contribution is 2.45. The Morgan fingerprint density at radius 2 is 1.76 bits per heavy atom. The molecule has 2 aliphatic rings. The van der Waals surface area contributed by atoms with Crippen LogP contribution in [0.15, 0.2) is 60.7 Å². The number of rotatable bonds is 9. The summed E-state index contributed by atoms with van der Waals surface area (Å²) in [5, 5.41) is 6.31. The lowest BCUT2D eigenvalue weighted by atomic mass is 9.90. The zero-order valence-corrected chi connectivity index (χ0v) is 19.2. The number of hydrogen-bond acceptors (Lipinski definition) is 7. The molecule has 0 aromatic heterocycles. The Balaban J connectivity index is 1.63. The molecule has 2 fully saturated rings. The van der Waals surface area contributed by atoms with Crippen molar-refractivity contribution in [2.24, 2.45) is 0 Å². The van der Waals surface area contributed by atoms with Gasteiger partial charge < -0.3 is 25.0 Å². The summed E-state index contributed by atoms with van der Waals surface area (Å²) in [6, 6.07) is 18.2. The van der Waals surface area contributed by atoms with Gasteiger partial charge in [-0.2, -0.15) is 0 Å². The summed E-state index contributed by atoms with van der Waals surface area (Å²) in [5.41, 5.74) is 0.487. The molecular weight excluding hydrogens is 420 g/mol. The quantitative estimate of drug-likeness (QED) is 0.544. The van der Waals surface area contributed by atoms with E-state index in [1.54, 1.807) is 7.11 Å². The molecule has 2 aliphatic heterocycles. The second-order valence-electron chi connectivity index (χ2n) is 8.48. The van der Waals surface area contributed by atoms with Gasteiger partial charge in [0.15, 0.2) is 0 Å². The number of likely N-dealkylation sites (N-methyl/N-ethyl adjacent to an activating group) is 1. The summed E-state index contributed by atoms with van der Waals surface area (Å²) >= 11 is 0. The highest BCUT2D eigenvalue weighted by molar-refractivity contribution is 5.86. The van der Waals surface area contributed by atoms with Gasteiger partial charge in [0.25, 0.3) is 0 Å². The highest BCUT2D eigenvalue weighted by Gasteiger charge is 2.60. The smallest absolute Gasteiger partial charge is 0.327 e. The van der Waals surface area contributed by atoms with Gasteiger partial charge in [0.1, 0.15) is 12.1 Å². The maximum Gasteiger partial charge on any atom is 0.327 e. The van der Waals surface area contributed by atoms with Gasteiger partial charge in [-0.25, -0.2) is 4.90 Å². The molecule has 0 bridgehead atoms. The molecule has 0 saturated carbocycles. The first-order chi connectivity index (χ1) is 16.1. The zero-order valence-electron chi connectivity index (χ0n) is 19.2. The van der Waals surface area contributed by atoms with E-state index in [-0.39, 0.29) is 11.9 Å². The van der Waals surface area contributed by atoms with Crippen molar-refractivity contribution in [3.8, 4) is 0 Å². The summed E-state index contributed by atoms with van der Waals surface area (Å²) in [4.78, 5) is 30.5. The van der Waals surface area contributed by atoms with E-state index < -0.39 is 17.8 Å². The fraction of sp³-hybridized carbons (Fsp3) is 0.440. The summed E-state index contributed by atoms with van der Waals surface area (Å²) in [7, 11) is 3.67. The lowest BCUT2D eigenvalue weighted by Crippen LogP contribution is -2.66. The van der Waals surface area contributed by atoms with Crippen LogP contribution in [0, 0.1) is 0 Å². The van der Waals surface area contributed by atoms with Crippen molar-refractivity contribution in [2.45, 2.75) is 17.8 Å². The Labute approximate surface area is 194 Å². The van der Waals surface area contributed by atoms with Gasteiger partial charge in [-0.3, -0.25) is 9.59 Å². The summed E-state index contributed by atoms with van der Waals surface area (Å²) < 4.78 is 11.3. The third-order valence-corrected chi connectivity index (χ3v) is 6.33. The molecule has 8 nitrogen and oxygen atoms in total. The minimum Gasteiger partial charge on any atom is -0.434 e. The van der Waals surface area contributed by atoms with E-state index in [1.165, 1.54) is 0 Å². The maximum absolute atomic E-state index is 13.4. The predicted octanol–water partition coefficient (Wildman–Crippen LogP) is 0.781. The minimum atomic E-state index is -1.16. The average molecular weight is 453 g/mol. The molecule has 2 aromatic carbocycles. The molecule has 0 spiro atoms. The molecule has 176 valence electrons. The van der Waals surface area contributed by atoms with Crippen molar-refractivity contribution in [1.29, 1.82) is 0 Å². The Morgan fingerprint density at radius 1 is 1.12 bits per heavy atom. The Hall–Kier alpha value is -2.78. The molecule has 0 radical (unpaired) electrons. The molecule has 2 atom stereocenters. The van der Waals surface area contributed by atoms with Gasteiger partial charge in [0, 0.05) is 51.0 Å². The Bertz CT molecular complexity index is 900. The standard InChI is InChI=1S/C25H32N4O4/c1-28(15-16-32-2)14-13-27-23(30)21-17-26-18-22-24(31)33-25(29(21)22,19-9-5-3-6-10-19)20-11-7-4-8-12-20/h3-12,21-22,26H,13-18H2,1-2H3,(H,27,30).